The number of halogens is 2. The molecule has 2 heterocycles. The fourth-order valence-corrected chi connectivity index (χ4v) is 2.92. The molecule has 2 aliphatic heterocycles. The highest BCUT2D eigenvalue weighted by atomic mass is 19.1. The molecule has 0 aliphatic carbocycles. The van der Waals surface area contributed by atoms with Crippen LogP contribution in [0.1, 0.15) is 19.8 Å². The minimum atomic E-state index is -0.848. The number of anilines is 2. The summed E-state index contributed by atoms with van der Waals surface area (Å²) in [5.74, 6) is -1.98. The Morgan fingerprint density at radius 2 is 2.00 bits per heavy atom. The van der Waals surface area contributed by atoms with E-state index in [0.717, 1.165) is 17.0 Å². The maximum Gasteiger partial charge on any atom is 0.414 e. The predicted octanol–water partition coefficient (Wildman–Crippen LogP) is 2.11. The summed E-state index contributed by atoms with van der Waals surface area (Å²) in [5.41, 5.74) is -0.248. The number of nitrogens with one attached hydrogen (secondary N) is 1. The molecule has 1 atom stereocenters. The van der Waals surface area contributed by atoms with Crippen molar-refractivity contribution in [2.75, 3.05) is 29.4 Å². The third kappa shape index (κ3) is 4.07. The molecule has 0 spiro atoms. The zero-order chi connectivity index (χ0) is 19.6. The molecule has 1 aromatic rings. The van der Waals surface area contributed by atoms with E-state index in [-0.39, 0.29) is 49.1 Å². The maximum absolute atomic E-state index is 14.5. The van der Waals surface area contributed by atoms with E-state index in [4.69, 9.17) is 4.74 Å². The van der Waals surface area contributed by atoms with Crippen molar-refractivity contribution in [1.29, 1.82) is 0 Å². The van der Waals surface area contributed by atoms with Crippen LogP contribution in [0.15, 0.2) is 24.4 Å². The van der Waals surface area contributed by atoms with Gasteiger partial charge in [-0.05, 0) is 6.08 Å². The second kappa shape index (κ2) is 7.73. The van der Waals surface area contributed by atoms with Crippen LogP contribution < -0.4 is 15.1 Å². The average molecular weight is 379 g/mol. The van der Waals surface area contributed by atoms with Crippen LogP contribution in [0.2, 0.25) is 0 Å². The molecule has 9 heteroatoms. The van der Waals surface area contributed by atoms with E-state index in [1.54, 1.807) is 6.92 Å². The van der Waals surface area contributed by atoms with Crippen LogP contribution in [-0.2, 0) is 14.3 Å². The SMILES string of the molecule is CCC(=O)NCC1CN(c2cc(F)c(N3C=CC(=O)CC3)c(F)c2)C(=O)O1. The highest BCUT2D eigenvalue weighted by molar-refractivity contribution is 5.92. The van der Waals surface area contributed by atoms with Crippen LogP contribution in [0, 0.1) is 11.6 Å². The zero-order valence-electron chi connectivity index (χ0n) is 14.7. The number of cyclic esters (lactones) is 1. The first kappa shape index (κ1) is 18.8. The van der Waals surface area contributed by atoms with E-state index in [1.807, 2.05) is 0 Å². The van der Waals surface area contributed by atoms with Crippen LogP contribution in [0.5, 0.6) is 0 Å². The van der Waals surface area contributed by atoms with Crippen molar-refractivity contribution in [3.8, 4) is 0 Å². The predicted molar refractivity (Wildman–Crippen MR) is 93.4 cm³/mol. The molecular formula is C18H19F2N3O4. The monoisotopic (exact) mass is 379 g/mol. The van der Waals surface area contributed by atoms with Crippen molar-refractivity contribution < 1.29 is 27.9 Å². The Balaban J connectivity index is 1.76. The standard InChI is InChI=1S/C18H19F2N3O4/c1-2-16(25)21-9-13-10-23(18(26)27-13)11-7-14(19)17(15(20)8-11)22-5-3-12(24)4-6-22/h3,5,7-8,13H,2,4,6,9-10H2,1H3,(H,21,25). The molecule has 7 nitrogen and oxygen atoms in total. The number of benzene rings is 1. The molecule has 144 valence electrons. The lowest BCUT2D eigenvalue weighted by Crippen LogP contribution is -2.34. The highest BCUT2D eigenvalue weighted by Gasteiger charge is 2.33. The number of rotatable bonds is 5. The van der Waals surface area contributed by atoms with E-state index in [9.17, 15) is 23.2 Å². The summed E-state index contributed by atoms with van der Waals surface area (Å²) in [6, 6.07) is 2.11. The summed E-state index contributed by atoms with van der Waals surface area (Å²) < 4.78 is 34.2. The first-order valence-corrected chi connectivity index (χ1v) is 8.60. The van der Waals surface area contributed by atoms with Crippen molar-refractivity contribution in [2.24, 2.45) is 0 Å². The molecule has 1 N–H and O–H groups in total. The summed E-state index contributed by atoms with van der Waals surface area (Å²) >= 11 is 0. The second-order valence-corrected chi connectivity index (χ2v) is 6.26. The van der Waals surface area contributed by atoms with Gasteiger partial charge in [-0.2, -0.15) is 0 Å². The number of hydrogen-bond donors (Lipinski definition) is 1. The highest BCUT2D eigenvalue weighted by Crippen LogP contribution is 2.31. The number of allylic oxidation sites excluding steroid dienone is 1. The number of hydrogen-bond acceptors (Lipinski definition) is 5. The molecule has 3 rings (SSSR count). The molecule has 0 bridgehead atoms. The van der Waals surface area contributed by atoms with Gasteiger partial charge in [-0.25, -0.2) is 13.6 Å². The smallest absolute Gasteiger partial charge is 0.414 e. The minimum absolute atomic E-state index is 0.0279. The summed E-state index contributed by atoms with van der Waals surface area (Å²) in [5, 5.41) is 2.61. The first-order valence-electron chi connectivity index (χ1n) is 8.60. The van der Waals surface area contributed by atoms with Crippen molar-refractivity contribution in [1.82, 2.24) is 5.32 Å². The lowest BCUT2D eigenvalue weighted by Gasteiger charge is -2.25. The van der Waals surface area contributed by atoms with Gasteiger partial charge in [0.2, 0.25) is 5.91 Å². The molecule has 27 heavy (non-hydrogen) atoms. The lowest BCUT2D eigenvalue weighted by atomic mass is 10.1. The quantitative estimate of drug-likeness (QED) is 0.848. The van der Waals surface area contributed by atoms with E-state index < -0.39 is 23.8 Å². The number of ketones is 1. The van der Waals surface area contributed by atoms with Gasteiger partial charge in [-0.3, -0.25) is 14.5 Å². The fourth-order valence-electron chi connectivity index (χ4n) is 2.92. The lowest BCUT2D eigenvalue weighted by molar-refractivity contribution is -0.121. The van der Waals surface area contributed by atoms with E-state index >= 15 is 0 Å². The molecule has 1 unspecified atom stereocenters. The number of amides is 2. The summed E-state index contributed by atoms with van der Waals surface area (Å²) in [4.78, 5) is 37.0. The van der Waals surface area contributed by atoms with Crippen molar-refractivity contribution in [3.05, 3.63) is 36.0 Å². The Hall–Kier alpha value is -2.97. The number of carbonyl (C=O) groups is 3. The Bertz CT molecular complexity index is 789. The van der Waals surface area contributed by atoms with Gasteiger partial charge >= 0.3 is 6.09 Å². The Morgan fingerprint density at radius 3 is 2.59 bits per heavy atom. The van der Waals surface area contributed by atoms with Crippen LogP contribution in [-0.4, -0.2) is 43.5 Å². The molecule has 2 amide bonds. The Labute approximate surface area is 154 Å². The average Bonchev–Trinajstić information content (AvgIpc) is 3.01. The van der Waals surface area contributed by atoms with Crippen molar-refractivity contribution >= 4 is 29.2 Å². The molecule has 1 fully saturated rings. The van der Waals surface area contributed by atoms with Crippen LogP contribution in [0.25, 0.3) is 0 Å². The molecular weight excluding hydrogens is 360 g/mol. The number of ether oxygens (including phenoxy) is 1. The van der Waals surface area contributed by atoms with E-state index in [1.165, 1.54) is 17.2 Å². The van der Waals surface area contributed by atoms with Gasteiger partial charge in [-0.1, -0.05) is 6.92 Å². The van der Waals surface area contributed by atoms with E-state index in [0.29, 0.717) is 6.42 Å². The number of nitrogens with zero attached hydrogens (tertiary/aromatic N) is 2. The van der Waals surface area contributed by atoms with Gasteiger partial charge < -0.3 is 15.0 Å². The maximum atomic E-state index is 14.5. The summed E-state index contributed by atoms with van der Waals surface area (Å²) in [7, 11) is 0. The zero-order valence-corrected chi connectivity index (χ0v) is 14.7. The minimum Gasteiger partial charge on any atom is -0.442 e. The molecule has 0 saturated carbocycles. The van der Waals surface area contributed by atoms with Gasteiger partial charge in [0.05, 0.1) is 18.8 Å². The Morgan fingerprint density at radius 1 is 1.30 bits per heavy atom. The van der Waals surface area contributed by atoms with Gasteiger partial charge in [0.15, 0.2) is 17.4 Å². The fraction of sp³-hybridized carbons (Fsp3) is 0.389. The largest absolute Gasteiger partial charge is 0.442 e. The van der Waals surface area contributed by atoms with Crippen LogP contribution in [0.4, 0.5) is 25.0 Å². The third-order valence-electron chi connectivity index (χ3n) is 4.36. The molecule has 0 aromatic heterocycles. The molecule has 1 saturated heterocycles. The first-order chi connectivity index (χ1) is 12.9. The van der Waals surface area contributed by atoms with Gasteiger partial charge in [0.1, 0.15) is 11.8 Å². The molecule has 1 aromatic carbocycles. The van der Waals surface area contributed by atoms with Gasteiger partial charge in [0.25, 0.3) is 0 Å². The molecule has 2 aliphatic rings. The van der Waals surface area contributed by atoms with Gasteiger partial charge in [-0.15, -0.1) is 0 Å². The molecule has 0 radical (unpaired) electrons. The van der Waals surface area contributed by atoms with Crippen molar-refractivity contribution in [2.45, 2.75) is 25.9 Å². The topological polar surface area (TPSA) is 79.0 Å². The van der Waals surface area contributed by atoms with E-state index in [2.05, 4.69) is 5.32 Å². The van der Waals surface area contributed by atoms with Gasteiger partial charge in [0, 0.05) is 37.7 Å². The van der Waals surface area contributed by atoms with Crippen LogP contribution >= 0.6 is 0 Å². The Kier molecular flexibility index (Phi) is 5.38. The summed E-state index contributed by atoms with van der Waals surface area (Å²) in [6.45, 7) is 2.07. The normalized spacial score (nSPS) is 19.4. The van der Waals surface area contributed by atoms with Crippen LogP contribution in [0.3, 0.4) is 0 Å². The summed E-state index contributed by atoms with van der Waals surface area (Å²) in [6.07, 6.45) is 1.74. The van der Waals surface area contributed by atoms with Crippen molar-refractivity contribution in [3.63, 3.8) is 0 Å². The second-order valence-electron chi connectivity index (χ2n) is 6.26. The third-order valence-corrected chi connectivity index (χ3v) is 4.36. The number of carbonyl (C=O) groups excluding carboxylic acids is 3.